The lowest BCUT2D eigenvalue weighted by Crippen LogP contribution is -3.00. The Labute approximate surface area is 193 Å². The summed E-state index contributed by atoms with van der Waals surface area (Å²) in [5.74, 6) is 1.66. The fourth-order valence-corrected chi connectivity index (χ4v) is 4.44. The number of halogens is 1. The third-order valence-electron chi connectivity index (χ3n) is 6.28. The highest BCUT2D eigenvalue weighted by atomic mass is 35.5. The van der Waals surface area contributed by atoms with Crippen molar-refractivity contribution in [2.75, 3.05) is 12.6 Å². The highest BCUT2D eigenvalue weighted by Crippen LogP contribution is 2.28. The molecule has 0 aliphatic heterocycles. The number of fused-ring (bicyclic) bond motifs is 1. The lowest BCUT2D eigenvalue weighted by molar-refractivity contribution is -0.647. The predicted molar refractivity (Wildman–Crippen MR) is 122 cm³/mol. The summed E-state index contributed by atoms with van der Waals surface area (Å²) < 4.78 is 4.17. The van der Waals surface area contributed by atoms with Crippen molar-refractivity contribution < 1.29 is 21.8 Å². The summed E-state index contributed by atoms with van der Waals surface area (Å²) in [7, 11) is 3.59. The molecule has 0 spiro atoms. The quantitative estimate of drug-likeness (QED) is 0.345. The van der Waals surface area contributed by atoms with Crippen LogP contribution in [-0.2, 0) is 18.4 Å². The minimum atomic E-state index is 0. The van der Waals surface area contributed by atoms with Gasteiger partial charge in [0.05, 0.1) is 20.7 Å². The molecule has 3 rings (SSSR count). The number of anilines is 1. The number of hydrogen-bond acceptors (Lipinski definition) is 4. The van der Waals surface area contributed by atoms with Gasteiger partial charge in [-0.15, -0.1) is 0 Å². The summed E-state index contributed by atoms with van der Waals surface area (Å²) >= 11 is 0. The molecular weight excluding hydrogens is 410 g/mol. The van der Waals surface area contributed by atoms with Gasteiger partial charge in [0.25, 0.3) is 0 Å². The summed E-state index contributed by atoms with van der Waals surface area (Å²) in [5, 5.41) is 0. The van der Waals surface area contributed by atoms with Gasteiger partial charge < -0.3 is 12.4 Å². The second-order valence-electron chi connectivity index (χ2n) is 8.76. The zero-order valence-corrected chi connectivity index (χ0v) is 20.3. The maximum atomic E-state index is 5.08. The highest BCUT2D eigenvalue weighted by Gasteiger charge is 2.19. The first kappa shape index (κ1) is 25.3. The Morgan fingerprint density at radius 1 is 1.16 bits per heavy atom. The first-order chi connectivity index (χ1) is 14.6. The van der Waals surface area contributed by atoms with Crippen LogP contribution in [-0.4, -0.2) is 21.6 Å². The van der Waals surface area contributed by atoms with Crippen molar-refractivity contribution in [1.29, 1.82) is 0 Å². The smallest absolute Gasteiger partial charge is 0.307 e. The molecule has 0 atom stereocenters. The van der Waals surface area contributed by atoms with Crippen molar-refractivity contribution in [3.8, 4) is 0 Å². The number of imidazole rings is 1. The SMILES string of the molecule is CONc1ncnc2c1n(C/C=C(\C)CC/C=C(\C)CCC1CCCCC1)c[n+]2C.[Cl-]. The van der Waals surface area contributed by atoms with Gasteiger partial charge >= 0.3 is 5.65 Å². The van der Waals surface area contributed by atoms with E-state index in [0.717, 1.165) is 36.5 Å². The Kier molecular flexibility index (Phi) is 10.5. The van der Waals surface area contributed by atoms with Crippen LogP contribution in [0.2, 0.25) is 0 Å². The molecule has 2 aromatic rings. The number of hydrogen-bond donors (Lipinski definition) is 1. The van der Waals surface area contributed by atoms with E-state index in [1.165, 1.54) is 50.5 Å². The average molecular weight is 448 g/mol. The molecule has 1 fully saturated rings. The zero-order valence-electron chi connectivity index (χ0n) is 19.5. The molecule has 1 aliphatic rings. The molecule has 1 aliphatic carbocycles. The van der Waals surface area contributed by atoms with Crippen LogP contribution in [0.4, 0.5) is 5.82 Å². The Bertz CT molecular complexity index is 883. The van der Waals surface area contributed by atoms with Crippen molar-refractivity contribution >= 4 is 17.0 Å². The van der Waals surface area contributed by atoms with E-state index in [9.17, 15) is 0 Å². The largest absolute Gasteiger partial charge is 1.00 e. The van der Waals surface area contributed by atoms with Crippen LogP contribution in [0.25, 0.3) is 11.2 Å². The molecule has 1 saturated carbocycles. The number of nitrogens with zero attached hydrogens (tertiary/aromatic N) is 4. The van der Waals surface area contributed by atoms with Crippen molar-refractivity contribution in [3.05, 3.63) is 36.0 Å². The molecule has 2 aromatic heterocycles. The maximum Gasteiger partial charge on any atom is 0.307 e. The van der Waals surface area contributed by atoms with Gasteiger partial charge in [-0.1, -0.05) is 60.4 Å². The van der Waals surface area contributed by atoms with Gasteiger partial charge in [-0.2, -0.15) is 4.98 Å². The van der Waals surface area contributed by atoms with E-state index in [-0.39, 0.29) is 12.4 Å². The molecule has 7 heteroatoms. The molecule has 2 heterocycles. The normalized spacial score (nSPS) is 15.9. The van der Waals surface area contributed by atoms with E-state index >= 15 is 0 Å². The summed E-state index contributed by atoms with van der Waals surface area (Å²) in [6, 6.07) is 0. The van der Waals surface area contributed by atoms with Crippen LogP contribution in [0.3, 0.4) is 0 Å². The highest BCUT2D eigenvalue weighted by molar-refractivity contribution is 5.80. The number of rotatable bonds is 10. The minimum absolute atomic E-state index is 0. The maximum absolute atomic E-state index is 5.08. The number of nitrogens with one attached hydrogen (secondary N) is 1. The fourth-order valence-electron chi connectivity index (χ4n) is 4.44. The van der Waals surface area contributed by atoms with Crippen molar-refractivity contribution in [2.24, 2.45) is 13.0 Å². The number of allylic oxidation sites excluding steroid dienone is 4. The van der Waals surface area contributed by atoms with Gasteiger partial charge in [0, 0.05) is 0 Å². The summed E-state index contributed by atoms with van der Waals surface area (Å²) in [4.78, 5) is 13.8. The van der Waals surface area contributed by atoms with Gasteiger partial charge in [0.15, 0.2) is 18.5 Å². The van der Waals surface area contributed by atoms with E-state index in [1.807, 2.05) is 11.6 Å². The molecule has 172 valence electrons. The van der Waals surface area contributed by atoms with Crippen LogP contribution in [0.15, 0.2) is 36.0 Å². The summed E-state index contributed by atoms with van der Waals surface area (Å²) in [6.45, 7) is 5.32. The van der Waals surface area contributed by atoms with Crippen molar-refractivity contribution in [2.45, 2.75) is 78.2 Å². The van der Waals surface area contributed by atoms with Crippen LogP contribution in [0.1, 0.15) is 71.6 Å². The van der Waals surface area contributed by atoms with Gasteiger partial charge in [-0.3, -0.25) is 9.40 Å². The first-order valence-corrected chi connectivity index (χ1v) is 11.4. The standard InChI is InChI=1S/C24H38N5O.ClH/c1-19(13-14-21-11-6-5-7-12-21)9-8-10-20(2)15-16-29-18-28(3)24-22(29)23(27-30-4)25-17-26-24;/h9,15,17-18,21H,5-8,10-14,16H2,1-4H3,(H,25,26,27);1H/q+1;/p-1/b19-9+,20-15+;. The van der Waals surface area contributed by atoms with Crippen LogP contribution >= 0.6 is 0 Å². The lowest BCUT2D eigenvalue weighted by atomic mass is 9.85. The van der Waals surface area contributed by atoms with E-state index in [2.05, 4.69) is 52.3 Å². The molecule has 31 heavy (non-hydrogen) atoms. The number of aryl methyl sites for hydroxylation is 1. The Morgan fingerprint density at radius 2 is 1.90 bits per heavy atom. The second-order valence-corrected chi connectivity index (χ2v) is 8.76. The van der Waals surface area contributed by atoms with Crippen LogP contribution in [0.5, 0.6) is 0 Å². The van der Waals surface area contributed by atoms with E-state index in [4.69, 9.17) is 4.84 Å². The average Bonchev–Trinajstić information content (AvgIpc) is 3.08. The van der Waals surface area contributed by atoms with Gasteiger partial charge in [0.1, 0.15) is 0 Å². The van der Waals surface area contributed by atoms with E-state index in [0.29, 0.717) is 5.82 Å². The molecule has 0 aromatic carbocycles. The number of aromatic nitrogens is 4. The Morgan fingerprint density at radius 3 is 2.65 bits per heavy atom. The van der Waals surface area contributed by atoms with Crippen LogP contribution in [0, 0.1) is 5.92 Å². The summed E-state index contributed by atoms with van der Waals surface area (Å²) in [5.41, 5.74) is 7.66. The third kappa shape index (κ3) is 7.32. The molecule has 0 unspecified atom stereocenters. The molecule has 0 bridgehead atoms. The molecule has 6 nitrogen and oxygen atoms in total. The second kappa shape index (κ2) is 12.8. The van der Waals surface area contributed by atoms with Crippen molar-refractivity contribution in [1.82, 2.24) is 14.5 Å². The minimum Gasteiger partial charge on any atom is -1.00 e. The molecule has 0 amide bonds. The van der Waals surface area contributed by atoms with Gasteiger partial charge in [-0.05, 0) is 45.4 Å². The van der Waals surface area contributed by atoms with Gasteiger partial charge in [-0.25, -0.2) is 10.0 Å². The van der Waals surface area contributed by atoms with Gasteiger partial charge in [0.2, 0.25) is 5.52 Å². The third-order valence-corrected chi connectivity index (χ3v) is 6.28. The van der Waals surface area contributed by atoms with E-state index in [1.54, 1.807) is 19.0 Å². The lowest BCUT2D eigenvalue weighted by Gasteiger charge is -2.21. The Hall–Kier alpha value is -1.92. The molecule has 0 saturated heterocycles. The monoisotopic (exact) mass is 447 g/mol. The van der Waals surface area contributed by atoms with Crippen molar-refractivity contribution in [3.63, 3.8) is 0 Å². The zero-order chi connectivity index (χ0) is 21.3. The predicted octanol–water partition coefficient (Wildman–Crippen LogP) is 2.27. The molecule has 0 radical (unpaired) electrons. The molecule has 1 N–H and O–H groups in total. The van der Waals surface area contributed by atoms with E-state index < -0.39 is 0 Å². The molecular formula is C24H38ClN5O. The Balaban J connectivity index is 0.00000341. The fraction of sp³-hybridized carbons (Fsp3) is 0.625. The topological polar surface area (TPSA) is 55.9 Å². The van der Waals surface area contributed by atoms with Crippen LogP contribution < -0.4 is 22.5 Å². The summed E-state index contributed by atoms with van der Waals surface area (Å²) in [6.07, 6.45) is 20.5. The first-order valence-electron chi connectivity index (χ1n) is 11.4.